The SMILES string of the molecule is O=C(O)C1(Cn2c(=O)[nH][nH]c2=O)CCC1. The summed E-state index contributed by atoms with van der Waals surface area (Å²) in [6.45, 7) is -0.0556. The van der Waals surface area contributed by atoms with Gasteiger partial charge in [-0.25, -0.2) is 24.4 Å². The lowest BCUT2D eigenvalue weighted by molar-refractivity contribution is -0.155. The highest BCUT2D eigenvalue weighted by Crippen LogP contribution is 2.42. The fraction of sp³-hybridized carbons (Fsp3) is 0.625. The van der Waals surface area contributed by atoms with E-state index in [1.54, 1.807) is 0 Å². The summed E-state index contributed by atoms with van der Waals surface area (Å²) in [7, 11) is 0. The molecule has 1 heterocycles. The molecule has 15 heavy (non-hydrogen) atoms. The highest BCUT2D eigenvalue weighted by atomic mass is 16.4. The van der Waals surface area contributed by atoms with Crippen molar-refractivity contribution in [2.75, 3.05) is 0 Å². The summed E-state index contributed by atoms with van der Waals surface area (Å²) in [4.78, 5) is 33.3. The molecule has 0 amide bonds. The number of nitrogens with one attached hydrogen (secondary N) is 2. The van der Waals surface area contributed by atoms with Crippen LogP contribution >= 0.6 is 0 Å². The van der Waals surface area contributed by atoms with Gasteiger partial charge in [0.2, 0.25) is 0 Å². The van der Waals surface area contributed by atoms with Crippen LogP contribution < -0.4 is 11.4 Å². The molecular weight excluding hydrogens is 202 g/mol. The molecule has 0 saturated heterocycles. The number of nitrogens with zero attached hydrogens (tertiary/aromatic N) is 1. The Hall–Kier alpha value is -1.79. The number of rotatable bonds is 3. The lowest BCUT2D eigenvalue weighted by atomic mass is 9.69. The van der Waals surface area contributed by atoms with Crippen LogP contribution in [0.3, 0.4) is 0 Å². The van der Waals surface area contributed by atoms with E-state index >= 15 is 0 Å². The van der Waals surface area contributed by atoms with E-state index < -0.39 is 22.8 Å². The first-order chi connectivity index (χ1) is 7.05. The second-order valence-electron chi connectivity index (χ2n) is 3.89. The van der Waals surface area contributed by atoms with E-state index in [1.807, 2.05) is 0 Å². The van der Waals surface area contributed by atoms with Crippen LogP contribution in [0.1, 0.15) is 19.3 Å². The number of aromatic amines is 2. The van der Waals surface area contributed by atoms with E-state index in [0.717, 1.165) is 11.0 Å². The van der Waals surface area contributed by atoms with Crippen molar-refractivity contribution in [2.24, 2.45) is 5.41 Å². The van der Waals surface area contributed by atoms with E-state index in [4.69, 9.17) is 5.11 Å². The number of carbonyl (C=O) groups is 1. The van der Waals surface area contributed by atoms with E-state index in [0.29, 0.717) is 12.8 Å². The van der Waals surface area contributed by atoms with Gasteiger partial charge in [0.1, 0.15) is 0 Å². The van der Waals surface area contributed by atoms with Crippen LogP contribution in [0.2, 0.25) is 0 Å². The van der Waals surface area contributed by atoms with Gasteiger partial charge in [-0.2, -0.15) is 0 Å². The number of carboxylic acid groups (broad SMARTS) is 1. The van der Waals surface area contributed by atoms with E-state index in [1.165, 1.54) is 0 Å². The molecule has 0 aromatic carbocycles. The van der Waals surface area contributed by atoms with Gasteiger partial charge in [-0.05, 0) is 12.8 Å². The molecule has 0 unspecified atom stereocenters. The third-order valence-corrected chi connectivity index (χ3v) is 2.99. The van der Waals surface area contributed by atoms with E-state index in [-0.39, 0.29) is 6.54 Å². The van der Waals surface area contributed by atoms with Crippen LogP contribution in [0.4, 0.5) is 0 Å². The van der Waals surface area contributed by atoms with Gasteiger partial charge in [-0.15, -0.1) is 0 Å². The monoisotopic (exact) mass is 213 g/mol. The lowest BCUT2D eigenvalue weighted by Gasteiger charge is -2.37. The van der Waals surface area contributed by atoms with Crippen molar-refractivity contribution < 1.29 is 9.90 Å². The van der Waals surface area contributed by atoms with Crippen molar-refractivity contribution in [3.63, 3.8) is 0 Å². The molecule has 0 bridgehead atoms. The molecule has 7 heteroatoms. The Bertz CT molecular complexity index is 463. The number of carboxylic acids is 1. The minimum atomic E-state index is -0.943. The van der Waals surface area contributed by atoms with Crippen LogP contribution in [0, 0.1) is 5.41 Å². The zero-order chi connectivity index (χ0) is 11.1. The summed E-state index contributed by atoms with van der Waals surface area (Å²) in [5.41, 5.74) is -2.11. The number of aliphatic carboxylic acids is 1. The van der Waals surface area contributed by atoms with Gasteiger partial charge in [0.25, 0.3) is 0 Å². The van der Waals surface area contributed by atoms with E-state index in [2.05, 4.69) is 10.2 Å². The Balaban J connectivity index is 2.32. The smallest absolute Gasteiger partial charge is 0.344 e. The number of H-pyrrole nitrogens is 2. The van der Waals surface area contributed by atoms with Crippen LogP contribution in [0.15, 0.2) is 9.59 Å². The van der Waals surface area contributed by atoms with Gasteiger partial charge in [0.05, 0.1) is 5.41 Å². The fourth-order valence-corrected chi connectivity index (χ4v) is 1.82. The molecule has 1 saturated carbocycles. The van der Waals surface area contributed by atoms with Crippen molar-refractivity contribution in [2.45, 2.75) is 25.8 Å². The quantitative estimate of drug-likeness (QED) is 0.605. The molecular formula is C8H11N3O4. The van der Waals surface area contributed by atoms with Gasteiger partial charge in [-0.1, -0.05) is 6.42 Å². The number of hydrogen-bond donors (Lipinski definition) is 3. The molecule has 1 aliphatic rings. The highest BCUT2D eigenvalue weighted by molar-refractivity contribution is 5.75. The third kappa shape index (κ3) is 1.39. The molecule has 82 valence electrons. The maximum Gasteiger partial charge on any atom is 0.344 e. The molecule has 1 aromatic rings. The molecule has 2 rings (SSSR count). The van der Waals surface area contributed by atoms with Crippen LogP contribution in [0.25, 0.3) is 0 Å². The van der Waals surface area contributed by atoms with E-state index in [9.17, 15) is 14.4 Å². The maximum absolute atomic E-state index is 11.2. The second-order valence-corrected chi connectivity index (χ2v) is 3.89. The molecule has 0 radical (unpaired) electrons. The lowest BCUT2D eigenvalue weighted by Crippen LogP contribution is -2.45. The van der Waals surface area contributed by atoms with Gasteiger partial charge in [0, 0.05) is 6.54 Å². The summed E-state index contributed by atoms with van der Waals surface area (Å²) < 4.78 is 0.896. The Kier molecular flexibility index (Phi) is 2.02. The Morgan fingerprint density at radius 2 is 1.87 bits per heavy atom. The fourth-order valence-electron chi connectivity index (χ4n) is 1.82. The first-order valence-corrected chi connectivity index (χ1v) is 4.66. The van der Waals surface area contributed by atoms with Crippen LogP contribution in [0.5, 0.6) is 0 Å². The predicted octanol–water partition coefficient (Wildman–Crippen LogP) is -0.880. The molecule has 1 fully saturated rings. The third-order valence-electron chi connectivity index (χ3n) is 2.99. The Morgan fingerprint density at radius 1 is 1.33 bits per heavy atom. The summed E-state index contributed by atoms with van der Waals surface area (Å²) in [5, 5.41) is 13.3. The van der Waals surface area contributed by atoms with Gasteiger partial charge in [-0.3, -0.25) is 4.79 Å². The second kappa shape index (κ2) is 3.11. The molecule has 3 N–H and O–H groups in total. The maximum atomic E-state index is 11.2. The number of aromatic nitrogens is 3. The first-order valence-electron chi connectivity index (χ1n) is 4.66. The first kappa shape index (κ1) is 9.75. The summed E-state index contributed by atoms with van der Waals surface area (Å²) in [6.07, 6.45) is 1.85. The zero-order valence-corrected chi connectivity index (χ0v) is 7.95. The summed E-state index contributed by atoms with van der Waals surface area (Å²) in [6, 6.07) is 0. The standard InChI is InChI=1S/C8H11N3O4/c12-5(13)8(2-1-3-8)4-11-6(14)9-10-7(11)15/h1-4H2,(H,9,14)(H,10,15)(H,12,13). The Morgan fingerprint density at radius 3 is 2.20 bits per heavy atom. The van der Waals surface area contributed by atoms with Crippen molar-refractivity contribution >= 4 is 5.97 Å². The van der Waals surface area contributed by atoms with Crippen LogP contribution in [-0.4, -0.2) is 25.8 Å². The minimum Gasteiger partial charge on any atom is -0.481 e. The topological polar surface area (TPSA) is 108 Å². The highest BCUT2D eigenvalue weighted by Gasteiger charge is 2.45. The summed E-state index contributed by atoms with van der Waals surface area (Å²) in [5.74, 6) is -0.943. The minimum absolute atomic E-state index is 0.0556. The summed E-state index contributed by atoms with van der Waals surface area (Å²) >= 11 is 0. The molecule has 0 spiro atoms. The average molecular weight is 213 g/mol. The van der Waals surface area contributed by atoms with Crippen LogP contribution in [-0.2, 0) is 11.3 Å². The van der Waals surface area contributed by atoms with Gasteiger partial charge < -0.3 is 5.11 Å². The van der Waals surface area contributed by atoms with Crippen molar-refractivity contribution in [3.05, 3.63) is 21.0 Å². The van der Waals surface area contributed by atoms with Gasteiger partial charge >= 0.3 is 17.3 Å². The molecule has 0 aliphatic heterocycles. The number of hydrogen-bond acceptors (Lipinski definition) is 3. The molecule has 0 atom stereocenters. The molecule has 1 aromatic heterocycles. The normalized spacial score (nSPS) is 18.4. The average Bonchev–Trinajstić information content (AvgIpc) is 2.40. The predicted molar refractivity (Wildman–Crippen MR) is 49.6 cm³/mol. The Labute approximate surface area is 83.7 Å². The van der Waals surface area contributed by atoms with Crippen molar-refractivity contribution in [3.8, 4) is 0 Å². The molecule has 7 nitrogen and oxygen atoms in total. The zero-order valence-electron chi connectivity index (χ0n) is 7.95. The van der Waals surface area contributed by atoms with Crippen molar-refractivity contribution in [1.82, 2.24) is 14.8 Å². The molecule has 1 aliphatic carbocycles. The van der Waals surface area contributed by atoms with Gasteiger partial charge in [0.15, 0.2) is 0 Å². The van der Waals surface area contributed by atoms with Crippen molar-refractivity contribution in [1.29, 1.82) is 0 Å². The largest absolute Gasteiger partial charge is 0.481 e.